The van der Waals surface area contributed by atoms with Gasteiger partial charge in [0.05, 0.1) is 0 Å². The Morgan fingerprint density at radius 3 is 0.276 bits per heavy atom. The van der Waals surface area contributed by atoms with Crippen LogP contribution in [-0.4, -0.2) is 73.3 Å². The van der Waals surface area contributed by atoms with Crippen LogP contribution in [0.1, 0.15) is 222 Å². The molecule has 10 aromatic carbocycles. The summed E-state index contributed by atoms with van der Waals surface area (Å²) in [5.41, 5.74) is 18.1. The van der Waals surface area contributed by atoms with Gasteiger partial charge in [-0.3, -0.25) is 0 Å². The Labute approximate surface area is 656 Å². The van der Waals surface area contributed by atoms with Gasteiger partial charge in [-0.05, 0) is 86.1 Å². The first-order chi connectivity index (χ1) is 50.2. The van der Waals surface area contributed by atoms with Crippen molar-refractivity contribution in [1.29, 1.82) is 0 Å². The van der Waals surface area contributed by atoms with E-state index in [0.29, 0.717) is 0 Å². The van der Waals surface area contributed by atoms with Crippen LogP contribution in [-0.2, 0) is 0 Å². The number of rotatable bonds is 4. The number of aliphatic hydroxyl groups excluding tert-OH is 6. The Balaban J connectivity index is -0.0000000543. The zero-order valence-corrected chi connectivity index (χ0v) is 72.2. The number of hydrogen-bond acceptors (Lipinski definition) is 6. The second-order valence-electron chi connectivity index (χ2n) is 16.2. The molecule has 0 bridgehead atoms. The summed E-state index contributed by atoms with van der Waals surface area (Å²) in [7, 11) is 6.00. The van der Waals surface area contributed by atoms with Crippen molar-refractivity contribution in [2.24, 2.45) is 0 Å². The van der Waals surface area contributed by atoms with Gasteiger partial charge in [0.15, 0.2) is 0 Å². The van der Waals surface area contributed by atoms with E-state index in [1.165, 1.54) is 77.9 Å². The molecule has 0 fully saturated rings. The van der Waals surface area contributed by atoms with Gasteiger partial charge in [0.2, 0.25) is 0 Å². The highest BCUT2D eigenvalue weighted by Crippen LogP contribution is 2.22. The average Bonchev–Trinajstić information content (AvgIpc) is 0.904. The number of benzene rings is 10. The lowest BCUT2D eigenvalue weighted by Crippen LogP contribution is -1.76. The summed E-state index contributed by atoms with van der Waals surface area (Å²) < 4.78 is 0. The van der Waals surface area contributed by atoms with Crippen LogP contribution in [0.15, 0.2) is 279 Å². The highest BCUT2D eigenvalue weighted by molar-refractivity contribution is 5.66. The minimum Gasteiger partial charge on any atom is -0.400 e. The van der Waals surface area contributed by atoms with E-state index in [-0.39, 0.29) is 22.3 Å². The molecule has 0 heterocycles. The molecule has 0 aliphatic carbocycles. The van der Waals surface area contributed by atoms with E-state index in [9.17, 15) is 0 Å². The van der Waals surface area contributed by atoms with Crippen molar-refractivity contribution in [1.82, 2.24) is 0 Å². The van der Waals surface area contributed by atoms with Crippen molar-refractivity contribution in [3.8, 4) is 44.5 Å². The van der Waals surface area contributed by atoms with Gasteiger partial charge in [-0.25, -0.2) is 0 Å². The van der Waals surface area contributed by atoms with Gasteiger partial charge < -0.3 is 30.6 Å². The standard InChI is InChI=1S/4C13H12.2C7H8.12C2H6.6CH4O.3CH4/c4*1-11-7-9-13(10-8-11)12-5-3-2-4-6-12;2*1-7-5-3-2-4-6-7;18*1-2;;;/h4*2-10H,1H3;2*2-6H,1H3;12*1-2H3;6*2H,1H3;3*1H4. The van der Waals surface area contributed by atoms with Crippen molar-refractivity contribution in [3.05, 3.63) is 312 Å². The highest BCUT2D eigenvalue weighted by Gasteiger charge is 1.97. The summed E-state index contributed by atoms with van der Waals surface area (Å²) >= 11 is 0. The van der Waals surface area contributed by atoms with E-state index in [4.69, 9.17) is 30.6 Å². The van der Waals surface area contributed by atoms with Crippen molar-refractivity contribution < 1.29 is 30.6 Å². The average molecular weight is 1460 g/mol. The normalized spacial score (nSPS) is 7.10. The molecule has 0 aromatic heterocycles. The number of aliphatic hydroxyl groups is 6. The summed E-state index contributed by atoms with van der Waals surface area (Å²) in [6.07, 6.45) is 0. The van der Waals surface area contributed by atoms with Gasteiger partial charge in [0, 0.05) is 42.7 Å². The predicted molar refractivity (Wildman–Crippen MR) is 494 cm³/mol. The van der Waals surface area contributed by atoms with E-state index in [1.54, 1.807) is 0 Å². The molecule has 10 rings (SSSR count). The van der Waals surface area contributed by atoms with Crippen molar-refractivity contribution in [2.45, 2.75) is 230 Å². The fraction of sp³-hybridized carbons (Fsp3) is 0.394. The molecule has 6 nitrogen and oxygen atoms in total. The van der Waals surface area contributed by atoms with Crippen LogP contribution >= 0.6 is 0 Å². The summed E-state index contributed by atoms with van der Waals surface area (Å²) in [6.45, 7) is 60.6. The zero-order chi connectivity index (χ0) is 82.6. The van der Waals surface area contributed by atoms with Gasteiger partial charge in [0.1, 0.15) is 0 Å². The molecule has 0 radical (unpaired) electrons. The van der Waals surface area contributed by atoms with Gasteiger partial charge in [-0.15, -0.1) is 0 Å². The number of hydrogen-bond donors (Lipinski definition) is 6. The molecule has 105 heavy (non-hydrogen) atoms. The zero-order valence-electron chi connectivity index (χ0n) is 72.2. The maximum Gasteiger partial charge on any atom is 0.0319 e. The fourth-order valence-corrected chi connectivity index (χ4v) is 6.58. The predicted octanol–water partition coefficient (Wildman–Crippen LogP) is 30.5. The second-order valence-corrected chi connectivity index (χ2v) is 16.2. The molecule has 0 saturated heterocycles. The quantitative estimate of drug-likeness (QED) is 0.104. The Morgan fingerprint density at radius 1 is 0.114 bits per heavy atom. The van der Waals surface area contributed by atoms with Gasteiger partial charge in [0.25, 0.3) is 0 Å². The molecule has 0 spiro atoms. The van der Waals surface area contributed by atoms with E-state index in [1.807, 2.05) is 227 Å². The summed E-state index contributed by atoms with van der Waals surface area (Å²) in [4.78, 5) is 0. The Morgan fingerprint density at radius 2 is 0.190 bits per heavy atom. The lowest BCUT2D eigenvalue weighted by atomic mass is 10.0. The topological polar surface area (TPSA) is 121 Å². The van der Waals surface area contributed by atoms with Gasteiger partial charge in [-0.1, -0.05) is 501 Å². The molecule has 0 saturated carbocycles. The van der Waals surface area contributed by atoms with Crippen LogP contribution in [0.4, 0.5) is 0 Å². The second kappa shape index (κ2) is 135. The van der Waals surface area contributed by atoms with Crippen LogP contribution in [0.3, 0.4) is 0 Å². The lowest BCUT2D eigenvalue weighted by molar-refractivity contribution is 0.399. The van der Waals surface area contributed by atoms with E-state index in [0.717, 1.165) is 42.7 Å². The van der Waals surface area contributed by atoms with Crippen molar-refractivity contribution >= 4 is 0 Å². The summed E-state index contributed by atoms with van der Waals surface area (Å²) in [6, 6.07) is 96.6. The third-order valence-corrected chi connectivity index (χ3v) is 10.5. The van der Waals surface area contributed by atoms with Crippen LogP contribution in [0.2, 0.25) is 0 Å². The molecule has 0 unspecified atom stereocenters. The first-order valence-electron chi connectivity index (χ1n) is 37.4. The van der Waals surface area contributed by atoms with E-state index in [2.05, 4.69) is 260 Å². The molecule has 0 aliphatic heterocycles. The van der Waals surface area contributed by atoms with Crippen LogP contribution < -0.4 is 0 Å². The Bertz CT molecular complexity index is 2410. The third-order valence-electron chi connectivity index (χ3n) is 10.5. The van der Waals surface area contributed by atoms with Crippen LogP contribution in [0.25, 0.3) is 44.5 Å². The monoisotopic (exact) mass is 1460 g/mol. The maximum atomic E-state index is 7.00. The minimum atomic E-state index is 0. The molecule has 6 heteroatoms. The Hall–Kier alpha value is -8.04. The Kier molecular flexibility index (Phi) is 180. The molecular formula is C99H172O6. The number of aryl methyl sites for hydroxylation is 6. The largest absolute Gasteiger partial charge is 0.400 e. The van der Waals surface area contributed by atoms with Crippen LogP contribution in [0.5, 0.6) is 0 Å². The van der Waals surface area contributed by atoms with E-state index >= 15 is 0 Å². The SMILES string of the molecule is C.C.C.CC.CC.CC.CC.CC.CC.CC.CC.CC.CC.CC.CC.CO.CO.CO.CO.CO.CO.Cc1ccc(-c2ccccc2)cc1.Cc1ccc(-c2ccccc2)cc1.Cc1ccc(-c2ccccc2)cc1.Cc1ccc(-c2ccccc2)cc1.Cc1ccccc1.Cc1ccccc1. The summed E-state index contributed by atoms with van der Waals surface area (Å²) in [5.74, 6) is 0. The highest BCUT2D eigenvalue weighted by atomic mass is 16.2. The third kappa shape index (κ3) is 92.0. The smallest absolute Gasteiger partial charge is 0.0319 e. The molecule has 6 N–H and O–H groups in total. The summed E-state index contributed by atoms with van der Waals surface area (Å²) in [5, 5.41) is 42.0. The maximum absolute atomic E-state index is 7.00. The van der Waals surface area contributed by atoms with Gasteiger partial charge >= 0.3 is 0 Å². The van der Waals surface area contributed by atoms with Crippen LogP contribution in [0, 0.1) is 41.5 Å². The fourth-order valence-electron chi connectivity index (χ4n) is 6.58. The van der Waals surface area contributed by atoms with E-state index < -0.39 is 0 Å². The minimum absolute atomic E-state index is 0. The van der Waals surface area contributed by atoms with Gasteiger partial charge in [-0.2, -0.15) is 0 Å². The molecule has 0 atom stereocenters. The van der Waals surface area contributed by atoms with Crippen molar-refractivity contribution in [2.75, 3.05) is 42.7 Å². The molecule has 604 valence electrons. The lowest BCUT2D eigenvalue weighted by Gasteiger charge is -2.00. The molecular weight excluding hydrogens is 1290 g/mol. The molecule has 0 amide bonds. The first kappa shape index (κ1) is 140. The van der Waals surface area contributed by atoms with Crippen molar-refractivity contribution in [3.63, 3.8) is 0 Å². The molecule has 0 aliphatic rings. The first-order valence-corrected chi connectivity index (χ1v) is 37.4. The molecule has 10 aromatic rings.